The standard InChI is InChI=1S/C13H14ClN3O2S/c1-17(2)16-10(18)7-15-13(19)12-11(14)8-5-3-4-6-9(8)20-12/h3-6H,7H2,1-2H3,(H,15,19)(H,16,18). The Kier molecular flexibility index (Phi) is 4.59. The van der Waals surface area contributed by atoms with Crippen LogP contribution in [0.15, 0.2) is 24.3 Å². The van der Waals surface area contributed by atoms with Gasteiger partial charge in [0.05, 0.1) is 11.6 Å². The molecule has 0 atom stereocenters. The van der Waals surface area contributed by atoms with Crippen molar-refractivity contribution in [2.45, 2.75) is 0 Å². The Hall–Kier alpha value is -1.63. The SMILES string of the molecule is CN(C)NC(=O)CNC(=O)c1sc2ccccc2c1Cl. The molecule has 0 aliphatic rings. The van der Waals surface area contributed by atoms with Gasteiger partial charge in [0.15, 0.2) is 0 Å². The molecule has 106 valence electrons. The van der Waals surface area contributed by atoms with Crippen molar-refractivity contribution in [2.24, 2.45) is 0 Å². The highest BCUT2D eigenvalue weighted by Crippen LogP contribution is 2.34. The molecule has 0 fully saturated rings. The molecule has 0 radical (unpaired) electrons. The van der Waals surface area contributed by atoms with E-state index in [4.69, 9.17) is 11.6 Å². The minimum atomic E-state index is -0.342. The maximum atomic E-state index is 12.0. The lowest BCUT2D eigenvalue weighted by molar-refractivity contribution is -0.123. The van der Waals surface area contributed by atoms with Gasteiger partial charge in [-0.1, -0.05) is 29.8 Å². The Morgan fingerprint density at radius 1 is 1.30 bits per heavy atom. The van der Waals surface area contributed by atoms with Gasteiger partial charge in [-0.3, -0.25) is 15.0 Å². The van der Waals surface area contributed by atoms with Crippen molar-refractivity contribution in [2.75, 3.05) is 20.6 Å². The lowest BCUT2D eigenvalue weighted by Crippen LogP contribution is -2.42. The molecule has 0 saturated carbocycles. The van der Waals surface area contributed by atoms with Gasteiger partial charge < -0.3 is 5.32 Å². The molecule has 1 aromatic carbocycles. The lowest BCUT2D eigenvalue weighted by atomic mass is 10.2. The molecule has 20 heavy (non-hydrogen) atoms. The second-order valence-corrected chi connectivity index (χ2v) is 5.78. The van der Waals surface area contributed by atoms with E-state index in [1.165, 1.54) is 16.3 Å². The van der Waals surface area contributed by atoms with Crippen LogP contribution in [0.2, 0.25) is 5.02 Å². The number of hydrazine groups is 1. The molecule has 2 amide bonds. The van der Waals surface area contributed by atoms with Gasteiger partial charge in [0.1, 0.15) is 4.88 Å². The van der Waals surface area contributed by atoms with E-state index in [0.29, 0.717) is 9.90 Å². The van der Waals surface area contributed by atoms with Crippen molar-refractivity contribution >= 4 is 44.8 Å². The third kappa shape index (κ3) is 3.27. The van der Waals surface area contributed by atoms with E-state index in [1.54, 1.807) is 14.1 Å². The van der Waals surface area contributed by atoms with Crippen LogP contribution in [0.4, 0.5) is 0 Å². The summed E-state index contributed by atoms with van der Waals surface area (Å²) in [6.45, 7) is -0.0956. The Balaban J connectivity index is 2.08. The Labute approximate surface area is 125 Å². The number of halogens is 1. The van der Waals surface area contributed by atoms with Gasteiger partial charge in [-0.05, 0) is 6.07 Å². The summed E-state index contributed by atoms with van der Waals surface area (Å²) in [6.07, 6.45) is 0. The summed E-state index contributed by atoms with van der Waals surface area (Å²) < 4.78 is 0.945. The minimum Gasteiger partial charge on any atom is -0.342 e. The first kappa shape index (κ1) is 14.8. The Morgan fingerprint density at radius 3 is 2.65 bits per heavy atom. The van der Waals surface area contributed by atoms with Crippen LogP contribution in [-0.4, -0.2) is 37.5 Å². The third-order valence-corrected chi connectivity index (χ3v) is 4.17. The molecular weight excluding hydrogens is 298 g/mol. The van der Waals surface area contributed by atoms with Gasteiger partial charge >= 0.3 is 0 Å². The van der Waals surface area contributed by atoms with Crippen LogP contribution in [0.25, 0.3) is 10.1 Å². The van der Waals surface area contributed by atoms with Crippen LogP contribution in [0.5, 0.6) is 0 Å². The van der Waals surface area contributed by atoms with Crippen molar-refractivity contribution in [3.63, 3.8) is 0 Å². The van der Waals surface area contributed by atoms with Gasteiger partial charge in [-0.25, -0.2) is 5.01 Å². The summed E-state index contributed by atoms with van der Waals surface area (Å²) in [7, 11) is 3.39. The molecule has 1 heterocycles. The first-order chi connectivity index (χ1) is 9.49. The zero-order valence-electron chi connectivity index (χ0n) is 11.1. The Morgan fingerprint density at radius 2 is 2.00 bits per heavy atom. The molecule has 1 aromatic heterocycles. The van der Waals surface area contributed by atoms with Crippen LogP contribution < -0.4 is 10.7 Å². The number of carbonyl (C=O) groups excluding carboxylic acids is 2. The average Bonchev–Trinajstić information content (AvgIpc) is 2.73. The van der Waals surface area contributed by atoms with Crippen molar-refractivity contribution in [1.29, 1.82) is 0 Å². The van der Waals surface area contributed by atoms with Crippen LogP contribution in [0, 0.1) is 0 Å². The fraction of sp³-hybridized carbons (Fsp3) is 0.231. The minimum absolute atomic E-state index is 0.0956. The molecule has 0 unspecified atom stereocenters. The van der Waals surface area contributed by atoms with Gasteiger partial charge in [-0.15, -0.1) is 11.3 Å². The molecule has 0 aliphatic carbocycles. The summed E-state index contributed by atoms with van der Waals surface area (Å²) in [6, 6.07) is 7.53. The van der Waals surface area contributed by atoms with Crippen molar-refractivity contribution < 1.29 is 9.59 Å². The number of thiophene rings is 1. The zero-order valence-corrected chi connectivity index (χ0v) is 12.6. The largest absolute Gasteiger partial charge is 0.342 e. The van der Waals surface area contributed by atoms with E-state index in [1.807, 2.05) is 24.3 Å². The molecular formula is C13H14ClN3O2S. The van der Waals surface area contributed by atoms with E-state index in [9.17, 15) is 9.59 Å². The second-order valence-electron chi connectivity index (χ2n) is 4.35. The third-order valence-electron chi connectivity index (χ3n) is 2.50. The number of hydrogen-bond acceptors (Lipinski definition) is 4. The number of amides is 2. The molecule has 2 N–H and O–H groups in total. The van der Waals surface area contributed by atoms with Crippen LogP contribution >= 0.6 is 22.9 Å². The van der Waals surface area contributed by atoms with Gasteiger partial charge in [0.2, 0.25) is 0 Å². The highest BCUT2D eigenvalue weighted by Gasteiger charge is 2.17. The first-order valence-electron chi connectivity index (χ1n) is 5.91. The molecule has 7 heteroatoms. The van der Waals surface area contributed by atoms with Crippen molar-refractivity contribution in [3.05, 3.63) is 34.2 Å². The summed E-state index contributed by atoms with van der Waals surface area (Å²) in [4.78, 5) is 23.9. The monoisotopic (exact) mass is 311 g/mol. The van der Waals surface area contributed by atoms with E-state index in [-0.39, 0.29) is 18.4 Å². The van der Waals surface area contributed by atoms with Crippen molar-refractivity contribution in [1.82, 2.24) is 15.8 Å². The van der Waals surface area contributed by atoms with Gasteiger partial charge in [0.25, 0.3) is 11.8 Å². The van der Waals surface area contributed by atoms with Crippen LogP contribution in [0.1, 0.15) is 9.67 Å². The highest BCUT2D eigenvalue weighted by molar-refractivity contribution is 7.21. The number of nitrogens with one attached hydrogen (secondary N) is 2. The summed E-state index contributed by atoms with van der Waals surface area (Å²) >= 11 is 7.50. The molecule has 0 bridgehead atoms. The van der Waals surface area contributed by atoms with E-state index in [0.717, 1.165) is 10.1 Å². The van der Waals surface area contributed by atoms with E-state index in [2.05, 4.69) is 10.7 Å². The first-order valence-corrected chi connectivity index (χ1v) is 7.10. The highest BCUT2D eigenvalue weighted by atomic mass is 35.5. The predicted molar refractivity (Wildman–Crippen MR) is 81.0 cm³/mol. The van der Waals surface area contributed by atoms with Crippen LogP contribution in [-0.2, 0) is 4.79 Å². The number of rotatable bonds is 4. The fourth-order valence-corrected chi connectivity index (χ4v) is 3.12. The van der Waals surface area contributed by atoms with E-state index < -0.39 is 0 Å². The maximum Gasteiger partial charge on any atom is 0.263 e. The predicted octanol–water partition coefficient (Wildman–Crippen LogP) is 1.88. The fourth-order valence-electron chi connectivity index (χ4n) is 1.69. The van der Waals surface area contributed by atoms with Crippen LogP contribution in [0.3, 0.4) is 0 Å². The number of hydrogen-bond donors (Lipinski definition) is 2. The lowest BCUT2D eigenvalue weighted by Gasteiger charge is -2.11. The quantitative estimate of drug-likeness (QED) is 0.848. The Bertz CT molecular complexity index is 654. The smallest absolute Gasteiger partial charge is 0.263 e. The number of carbonyl (C=O) groups is 2. The average molecular weight is 312 g/mol. The van der Waals surface area contributed by atoms with Gasteiger partial charge in [0, 0.05) is 24.2 Å². The molecule has 0 spiro atoms. The molecule has 5 nitrogen and oxygen atoms in total. The molecule has 2 rings (SSSR count). The number of benzene rings is 1. The molecule has 0 saturated heterocycles. The number of nitrogens with zero attached hydrogens (tertiary/aromatic N) is 1. The molecule has 0 aliphatic heterocycles. The van der Waals surface area contributed by atoms with Crippen molar-refractivity contribution in [3.8, 4) is 0 Å². The normalized spacial score (nSPS) is 10.8. The van der Waals surface area contributed by atoms with Gasteiger partial charge in [-0.2, -0.15) is 0 Å². The maximum absolute atomic E-state index is 12.0. The number of fused-ring (bicyclic) bond motifs is 1. The summed E-state index contributed by atoms with van der Waals surface area (Å²) in [5, 5.41) is 5.35. The summed E-state index contributed by atoms with van der Waals surface area (Å²) in [5.74, 6) is -0.634. The molecule has 2 aromatic rings. The zero-order chi connectivity index (χ0) is 14.7. The summed E-state index contributed by atoms with van der Waals surface area (Å²) in [5.41, 5.74) is 2.54. The second kappa shape index (κ2) is 6.21. The topological polar surface area (TPSA) is 61.4 Å². The van der Waals surface area contributed by atoms with E-state index >= 15 is 0 Å².